The molecule has 0 heterocycles. The Kier molecular flexibility index (Phi) is 7.45. The first-order valence-electron chi connectivity index (χ1n) is 7.25. The molecule has 0 radical (unpaired) electrons. The average Bonchev–Trinajstić information content (AvgIpc) is 2.52. The minimum atomic E-state index is -0.518. The number of ether oxygens (including phenoxy) is 2. The zero-order valence-electron chi connectivity index (χ0n) is 13.1. The molecule has 7 nitrogen and oxygen atoms in total. The zero-order valence-corrected chi connectivity index (χ0v) is 13.1. The van der Waals surface area contributed by atoms with Gasteiger partial charge in [-0.2, -0.15) is 0 Å². The van der Waals surface area contributed by atoms with E-state index in [4.69, 9.17) is 9.47 Å². The summed E-state index contributed by atoms with van der Waals surface area (Å²) in [6.45, 7) is 3.89. The third-order valence-electron chi connectivity index (χ3n) is 2.89. The molecule has 0 bridgehead atoms. The van der Waals surface area contributed by atoms with E-state index in [2.05, 4.69) is 0 Å². The van der Waals surface area contributed by atoms with Gasteiger partial charge in [0, 0.05) is 24.1 Å². The molecule has 1 rings (SSSR count). The topological polar surface area (TPSA) is 95.7 Å². The molecule has 0 aromatic heterocycles. The van der Waals surface area contributed by atoms with Gasteiger partial charge in [-0.25, -0.2) is 4.79 Å². The maximum atomic E-state index is 11.9. The first kappa shape index (κ1) is 18.3. The van der Waals surface area contributed by atoms with Gasteiger partial charge in [0.05, 0.1) is 18.1 Å². The summed E-state index contributed by atoms with van der Waals surface area (Å²) in [7, 11) is 0. The van der Waals surface area contributed by atoms with E-state index in [9.17, 15) is 19.7 Å². The van der Waals surface area contributed by atoms with Crippen molar-refractivity contribution in [2.24, 2.45) is 0 Å². The van der Waals surface area contributed by atoms with E-state index in [1.807, 2.05) is 0 Å². The van der Waals surface area contributed by atoms with Gasteiger partial charge in [0.1, 0.15) is 0 Å². The number of nitro groups is 1. The van der Waals surface area contributed by atoms with Crippen molar-refractivity contribution in [2.75, 3.05) is 13.2 Å². The zero-order chi connectivity index (χ0) is 17.2. The molecule has 0 aliphatic rings. The highest BCUT2D eigenvalue weighted by atomic mass is 16.6. The van der Waals surface area contributed by atoms with Crippen LogP contribution in [0.25, 0.3) is 6.08 Å². The molecule has 0 atom stereocenters. The fourth-order valence-electron chi connectivity index (χ4n) is 1.82. The Morgan fingerprint density at radius 1 is 1.09 bits per heavy atom. The van der Waals surface area contributed by atoms with Gasteiger partial charge in [-0.05, 0) is 44.0 Å². The van der Waals surface area contributed by atoms with Crippen LogP contribution in [0.5, 0.6) is 0 Å². The Hall–Kier alpha value is -2.70. The summed E-state index contributed by atoms with van der Waals surface area (Å²) in [4.78, 5) is 33.5. The molecular weight excluding hydrogens is 302 g/mol. The average molecular weight is 321 g/mol. The van der Waals surface area contributed by atoms with Gasteiger partial charge < -0.3 is 9.47 Å². The number of carbonyl (C=O) groups is 2. The normalized spacial score (nSPS) is 11.0. The van der Waals surface area contributed by atoms with Crippen LogP contribution in [0, 0.1) is 10.1 Å². The van der Waals surface area contributed by atoms with Crippen LogP contribution in [-0.4, -0.2) is 30.1 Å². The predicted octanol–water partition coefficient (Wildman–Crippen LogP) is 2.88. The molecule has 0 aliphatic heterocycles. The lowest BCUT2D eigenvalue weighted by Gasteiger charge is -2.07. The smallest absolute Gasteiger partial charge is 0.334 e. The summed E-state index contributed by atoms with van der Waals surface area (Å²) in [6.07, 6.45) is 1.79. The SMILES string of the molecule is CCOC(=O)CC/C(=C\c1ccc([N+](=O)[O-])cc1)C(=O)OCC. The van der Waals surface area contributed by atoms with Crippen LogP contribution in [0.15, 0.2) is 29.8 Å². The van der Waals surface area contributed by atoms with Gasteiger partial charge in [0.15, 0.2) is 0 Å². The first-order valence-corrected chi connectivity index (χ1v) is 7.25. The van der Waals surface area contributed by atoms with Crippen molar-refractivity contribution in [1.82, 2.24) is 0 Å². The number of esters is 2. The summed E-state index contributed by atoms with van der Waals surface area (Å²) < 4.78 is 9.79. The molecule has 0 saturated heterocycles. The van der Waals surface area contributed by atoms with Crippen molar-refractivity contribution < 1.29 is 24.0 Å². The molecule has 0 amide bonds. The molecule has 7 heteroatoms. The minimum absolute atomic E-state index is 0.0358. The Labute approximate surface area is 134 Å². The van der Waals surface area contributed by atoms with Crippen molar-refractivity contribution in [3.8, 4) is 0 Å². The first-order chi connectivity index (χ1) is 11.0. The molecular formula is C16H19NO6. The largest absolute Gasteiger partial charge is 0.466 e. The highest BCUT2D eigenvalue weighted by Crippen LogP contribution is 2.17. The Morgan fingerprint density at radius 2 is 1.70 bits per heavy atom. The third kappa shape index (κ3) is 6.29. The summed E-state index contributed by atoms with van der Waals surface area (Å²) >= 11 is 0. The van der Waals surface area contributed by atoms with E-state index in [0.29, 0.717) is 11.1 Å². The number of carbonyl (C=O) groups excluding carboxylic acids is 2. The lowest BCUT2D eigenvalue weighted by atomic mass is 10.1. The summed E-state index contributed by atoms with van der Waals surface area (Å²) in [5.74, 6) is -0.915. The predicted molar refractivity (Wildman–Crippen MR) is 83.6 cm³/mol. The molecule has 0 N–H and O–H groups in total. The second kappa shape index (κ2) is 9.34. The number of non-ortho nitro benzene ring substituents is 1. The maximum absolute atomic E-state index is 11.9. The van der Waals surface area contributed by atoms with Crippen LogP contribution in [0.4, 0.5) is 5.69 Å². The van der Waals surface area contributed by atoms with Gasteiger partial charge in [0.2, 0.25) is 0 Å². The van der Waals surface area contributed by atoms with Crippen molar-refractivity contribution >= 4 is 23.7 Å². The molecule has 0 unspecified atom stereocenters. The van der Waals surface area contributed by atoms with Gasteiger partial charge in [-0.15, -0.1) is 0 Å². The van der Waals surface area contributed by atoms with E-state index in [1.165, 1.54) is 24.3 Å². The van der Waals surface area contributed by atoms with Crippen LogP contribution < -0.4 is 0 Å². The van der Waals surface area contributed by atoms with Crippen LogP contribution in [0.2, 0.25) is 0 Å². The number of nitro benzene ring substituents is 1. The molecule has 0 saturated carbocycles. The number of nitrogens with zero attached hydrogens (tertiary/aromatic N) is 1. The molecule has 124 valence electrons. The summed E-state index contributed by atoms with van der Waals surface area (Å²) in [5.41, 5.74) is 0.891. The molecule has 1 aromatic carbocycles. The van der Waals surface area contributed by atoms with Gasteiger partial charge in [0.25, 0.3) is 5.69 Å². The lowest BCUT2D eigenvalue weighted by molar-refractivity contribution is -0.384. The van der Waals surface area contributed by atoms with E-state index in [1.54, 1.807) is 19.9 Å². The fraction of sp³-hybridized carbons (Fsp3) is 0.375. The second-order valence-corrected chi connectivity index (χ2v) is 4.54. The van der Waals surface area contributed by atoms with E-state index in [0.717, 1.165) is 0 Å². The summed E-state index contributed by atoms with van der Waals surface area (Å²) in [5, 5.41) is 10.6. The summed E-state index contributed by atoms with van der Waals surface area (Å²) in [6, 6.07) is 5.75. The second-order valence-electron chi connectivity index (χ2n) is 4.54. The number of rotatable bonds is 8. The van der Waals surface area contributed by atoms with Gasteiger partial charge >= 0.3 is 11.9 Å². The number of hydrogen-bond acceptors (Lipinski definition) is 6. The van der Waals surface area contributed by atoms with Gasteiger partial charge in [-0.3, -0.25) is 14.9 Å². The van der Waals surface area contributed by atoms with E-state index < -0.39 is 16.9 Å². The highest BCUT2D eigenvalue weighted by molar-refractivity contribution is 5.94. The van der Waals surface area contributed by atoms with Crippen molar-refractivity contribution in [2.45, 2.75) is 26.7 Å². The van der Waals surface area contributed by atoms with Crippen LogP contribution in [0.1, 0.15) is 32.3 Å². The van der Waals surface area contributed by atoms with Crippen LogP contribution >= 0.6 is 0 Å². The van der Waals surface area contributed by atoms with E-state index >= 15 is 0 Å². The van der Waals surface area contributed by atoms with Crippen LogP contribution in [-0.2, 0) is 19.1 Å². The molecule has 0 spiro atoms. The van der Waals surface area contributed by atoms with Crippen LogP contribution in [0.3, 0.4) is 0 Å². The standard InChI is InChI=1S/C16H19NO6/c1-3-22-15(18)10-7-13(16(19)23-4-2)11-12-5-8-14(9-6-12)17(20)21/h5-6,8-9,11H,3-4,7,10H2,1-2H3/b13-11+. The number of hydrogen-bond donors (Lipinski definition) is 0. The van der Waals surface area contributed by atoms with E-state index in [-0.39, 0.29) is 31.7 Å². The number of benzene rings is 1. The quantitative estimate of drug-likeness (QED) is 0.316. The molecule has 0 aliphatic carbocycles. The Morgan fingerprint density at radius 3 is 2.22 bits per heavy atom. The third-order valence-corrected chi connectivity index (χ3v) is 2.89. The highest BCUT2D eigenvalue weighted by Gasteiger charge is 2.14. The molecule has 0 fully saturated rings. The minimum Gasteiger partial charge on any atom is -0.466 e. The lowest BCUT2D eigenvalue weighted by Crippen LogP contribution is -2.11. The van der Waals surface area contributed by atoms with Crippen molar-refractivity contribution in [3.05, 3.63) is 45.5 Å². The van der Waals surface area contributed by atoms with Crippen molar-refractivity contribution in [1.29, 1.82) is 0 Å². The fourth-order valence-corrected chi connectivity index (χ4v) is 1.82. The van der Waals surface area contributed by atoms with Crippen molar-refractivity contribution in [3.63, 3.8) is 0 Å². The maximum Gasteiger partial charge on any atom is 0.334 e. The Balaban J connectivity index is 2.91. The molecule has 1 aromatic rings. The Bertz CT molecular complexity index is 591. The monoisotopic (exact) mass is 321 g/mol. The van der Waals surface area contributed by atoms with Gasteiger partial charge in [-0.1, -0.05) is 0 Å². The molecule has 23 heavy (non-hydrogen) atoms.